The second-order valence-corrected chi connectivity index (χ2v) is 6.86. The highest BCUT2D eigenvalue weighted by Gasteiger charge is 2.44. The highest BCUT2D eigenvalue weighted by atomic mass is 32.1. The molecule has 2 aliphatic heterocycles. The molecular formula is C17H22N2O3S. The van der Waals surface area contributed by atoms with Crippen LogP contribution in [0.5, 0.6) is 11.5 Å². The molecule has 1 atom stereocenters. The zero-order valence-electron chi connectivity index (χ0n) is 13.1. The van der Waals surface area contributed by atoms with Gasteiger partial charge in [0.1, 0.15) is 0 Å². The molecule has 0 aromatic heterocycles. The molecule has 1 saturated carbocycles. The van der Waals surface area contributed by atoms with E-state index in [1.165, 1.54) is 0 Å². The zero-order valence-corrected chi connectivity index (χ0v) is 13.9. The summed E-state index contributed by atoms with van der Waals surface area (Å²) in [5.41, 5.74) is 0.909. The van der Waals surface area contributed by atoms with Gasteiger partial charge in [-0.1, -0.05) is 0 Å². The average molecular weight is 334 g/mol. The van der Waals surface area contributed by atoms with Gasteiger partial charge >= 0.3 is 0 Å². The summed E-state index contributed by atoms with van der Waals surface area (Å²) in [5, 5.41) is 7.02. The van der Waals surface area contributed by atoms with Gasteiger partial charge in [0.05, 0.1) is 6.10 Å². The number of nitrogens with one attached hydrogen (secondary N) is 2. The lowest BCUT2D eigenvalue weighted by Crippen LogP contribution is -2.34. The molecule has 0 bridgehead atoms. The number of benzene rings is 1. The predicted molar refractivity (Wildman–Crippen MR) is 92.1 cm³/mol. The first kappa shape index (κ1) is 15.0. The molecular weight excluding hydrogens is 312 g/mol. The fourth-order valence-corrected chi connectivity index (χ4v) is 3.68. The van der Waals surface area contributed by atoms with Crippen LogP contribution in [0, 0.1) is 0 Å². The molecule has 6 heteroatoms. The van der Waals surface area contributed by atoms with Crippen molar-refractivity contribution in [3.63, 3.8) is 0 Å². The summed E-state index contributed by atoms with van der Waals surface area (Å²) >= 11 is 5.35. The number of anilines is 1. The van der Waals surface area contributed by atoms with E-state index in [0.717, 1.165) is 68.9 Å². The molecule has 0 unspecified atom stereocenters. The molecule has 0 radical (unpaired) electrons. The van der Waals surface area contributed by atoms with Crippen LogP contribution in [0.15, 0.2) is 18.2 Å². The van der Waals surface area contributed by atoms with E-state index in [0.29, 0.717) is 5.11 Å². The van der Waals surface area contributed by atoms with E-state index in [1.54, 1.807) is 0 Å². The summed E-state index contributed by atoms with van der Waals surface area (Å²) < 4.78 is 17.7. The second kappa shape index (κ2) is 6.17. The highest BCUT2D eigenvalue weighted by molar-refractivity contribution is 7.80. The Labute approximate surface area is 141 Å². The topological polar surface area (TPSA) is 51.8 Å². The molecule has 1 aromatic carbocycles. The van der Waals surface area contributed by atoms with Crippen molar-refractivity contribution in [1.29, 1.82) is 0 Å². The van der Waals surface area contributed by atoms with Crippen molar-refractivity contribution in [1.82, 2.24) is 5.32 Å². The minimum atomic E-state index is -0.417. The van der Waals surface area contributed by atoms with Gasteiger partial charge in [-0.2, -0.15) is 0 Å². The first-order chi connectivity index (χ1) is 11.2. The Morgan fingerprint density at radius 2 is 2.00 bits per heavy atom. The van der Waals surface area contributed by atoms with E-state index in [2.05, 4.69) is 10.6 Å². The van der Waals surface area contributed by atoms with Gasteiger partial charge in [0.2, 0.25) is 0 Å². The van der Waals surface area contributed by atoms with Crippen LogP contribution < -0.4 is 20.1 Å². The fourth-order valence-electron chi connectivity index (χ4n) is 3.48. The van der Waals surface area contributed by atoms with Crippen LogP contribution in [-0.2, 0) is 4.74 Å². The molecule has 2 heterocycles. The molecule has 4 rings (SSSR count). The van der Waals surface area contributed by atoms with Crippen LogP contribution in [-0.4, -0.2) is 30.2 Å². The monoisotopic (exact) mass is 334 g/mol. The molecule has 1 aromatic rings. The van der Waals surface area contributed by atoms with E-state index in [-0.39, 0.29) is 6.10 Å². The molecule has 1 aliphatic carbocycles. The molecule has 23 heavy (non-hydrogen) atoms. The van der Waals surface area contributed by atoms with Gasteiger partial charge in [0.15, 0.2) is 16.6 Å². The maximum atomic E-state index is 6.07. The number of hydrogen-bond donors (Lipinski definition) is 2. The maximum absolute atomic E-state index is 6.07. The number of thiocarbonyl (C=S) groups is 1. The molecule has 3 aliphatic rings. The van der Waals surface area contributed by atoms with Gasteiger partial charge < -0.3 is 24.8 Å². The summed E-state index contributed by atoms with van der Waals surface area (Å²) in [4.78, 5) is 0. The van der Waals surface area contributed by atoms with E-state index in [1.807, 2.05) is 18.2 Å². The van der Waals surface area contributed by atoms with E-state index >= 15 is 0 Å². The maximum Gasteiger partial charge on any atom is 0.251 e. The minimum Gasteiger partial charge on any atom is -0.448 e. The Bertz CT molecular complexity index is 596. The third-order valence-electron chi connectivity index (χ3n) is 4.67. The third kappa shape index (κ3) is 3.23. The smallest absolute Gasteiger partial charge is 0.251 e. The highest BCUT2D eigenvalue weighted by Crippen LogP contribution is 2.47. The number of fused-ring (bicyclic) bond motifs is 1. The van der Waals surface area contributed by atoms with Gasteiger partial charge in [0.25, 0.3) is 5.79 Å². The molecule has 5 nitrogen and oxygen atoms in total. The van der Waals surface area contributed by atoms with Gasteiger partial charge in [-0.3, -0.25) is 0 Å². The summed E-state index contributed by atoms with van der Waals surface area (Å²) in [7, 11) is 0. The largest absolute Gasteiger partial charge is 0.448 e. The lowest BCUT2D eigenvalue weighted by Gasteiger charge is -2.21. The van der Waals surface area contributed by atoms with Crippen LogP contribution in [0.1, 0.15) is 38.5 Å². The zero-order chi connectivity index (χ0) is 15.7. The lowest BCUT2D eigenvalue weighted by atomic mass is 10.2. The van der Waals surface area contributed by atoms with Crippen molar-refractivity contribution in [2.45, 2.75) is 50.4 Å². The SMILES string of the molecule is S=C(NC[C@@H]1CCCO1)Nc1ccc2c(c1)OC1(CCCC1)O2. The number of hydrogen-bond acceptors (Lipinski definition) is 4. The molecule has 0 amide bonds. The Kier molecular flexibility index (Phi) is 4.03. The van der Waals surface area contributed by atoms with E-state index in [9.17, 15) is 0 Å². The summed E-state index contributed by atoms with van der Waals surface area (Å²) in [6.07, 6.45) is 6.76. The quantitative estimate of drug-likeness (QED) is 0.828. The number of rotatable bonds is 3. The Hall–Kier alpha value is -1.53. The average Bonchev–Trinajstić information content (AvgIpc) is 3.26. The molecule has 124 valence electrons. The molecule has 2 fully saturated rings. The van der Waals surface area contributed by atoms with Gasteiger partial charge in [-0.25, -0.2) is 0 Å². The Morgan fingerprint density at radius 1 is 1.17 bits per heavy atom. The van der Waals surface area contributed by atoms with Crippen LogP contribution in [0.25, 0.3) is 0 Å². The van der Waals surface area contributed by atoms with Gasteiger partial charge in [-0.05, 0) is 50.0 Å². The van der Waals surface area contributed by atoms with Crippen molar-refractivity contribution in [2.75, 3.05) is 18.5 Å². The molecule has 2 N–H and O–H groups in total. The van der Waals surface area contributed by atoms with Crippen molar-refractivity contribution < 1.29 is 14.2 Å². The Morgan fingerprint density at radius 3 is 2.78 bits per heavy atom. The van der Waals surface area contributed by atoms with Crippen molar-refractivity contribution in [3.05, 3.63) is 18.2 Å². The van der Waals surface area contributed by atoms with E-state index in [4.69, 9.17) is 26.4 Å². The summed E-state index contributed by atoms with van der Waals surface area (Å²) in [5.74, 6) is 1.22. The molecule has 1 saturated heterocycles. The fraction of sp³-hybridized carbons (Fsp3) is 0.588. The normalized spacial score (nSPS) is 24.1. The first-order valence-electron chi connectivity index (χ1n) is 8.41. The van der Waals surface area contributed by atoms with Crippen LogP contribution >= 0.6 is 12.2 Å². The lowest BCUT2D eigenvalue weighted by molar-refractivity contribution is -0.0716. The molecule has 1 spiro atoms. The van der Waals surface area contributed by atoms with Gasteiger partial charge in [-0.15, -0.1) is 0 Å². The summed E-state index contributed by atoms with van der Waals surface area (Å²) in [6, 6.07) is 5.88. The number of ether oxygens (including phenoxy) is 3. The predicted octanol–water partition coefficient (Wildman–Crippen LogP) is 3.19. The second-order valence-electron chi connectivity index (χ2n) is 6.45. The standard InChI is InChI=1S/C17H22N2O3S/c23-16(18-11-13-4-3-9-20-13)19-12-5-6-14-15(10-12)22-17(21-14)7-1-2-8-17/h5-6,10,13H,1-4,7-9,11H2,(H2,18,19,23)/t13-/m0/s1. The van der Waals surface area contributed by atoms with Crippen LogP contribution in [0.4, 0.5) is 5.69 Å². The minimum absolute atomic E-state index is 0.272. The van der Waals surface area contributed by atoms with Gasteiger partial charge in [0, 0.05) is 37.7 Å². The first-order valence-corrected chi connectivity index (χ1v) is 8.82. The van der Waals surface area contributed by atoms with Crippen molar-refractivity contribution >= 4 is 23.0 Å². The van der Waals surface area contributed by atoms with E-state index < -0.39 is 5.79 Å². The summed E-state index contributed by atoms with van der Waals surface area (Å²) in [6.45, 7) is 1.61. The Balaban J connectivity index is 1.34. The van der Waals surface area contributed by atoms with Crippen LogP contribution in [0.3, 0.4) is 0 Å². The van der Waals surface area contributed by atoms with Crippen molar-refractivity contribution in [2.24, 2.45) is 0 Å². The third-order valence-corrected chi connectivity index (χ3v) is 4.92. The van der Waals surface area contributed by atoms with Crippen LogP contribution in [0.2, 0.25) is 0 Å². The van der Waals surface area contributed by atoms with Crippen molar-refractivity contribution in [3.8, 4) is 11.5 Å².